The van der Waals surface area contributed by atoms with Crippen LogP contribution in [0.3, 0.4) is 0 Å². The SMILES string of the molecule is O=C(O)c1cc(SCCO)ncc1Cl. The van der Waals surface area contributed by atoms with E-state index in [-0.39, 0.29) is 17.2 Å². The molecular weight excluding hydrogens is 226 g/mol. The van der Waals surface area contributed by atoms with Gasteiger partial charge in [0.05, 0.1) is 22.2 Å². The number of thioether (sulfide) groups is 1. The van der Waals surface area contributed by atoms with Crippen LogP contribution in [0.15, 0.2) is 17.3 Å². The van der Waals surface area contributed by atoms with Gasteiger partial charge in [0.15, 0.2) is 0 Å². The number of carboxylic acid groups (broad SMARTS) is 1. The minimum Gasteiger partial charge on any atom is -0.478 e. The number of hydrogen-bond donors (Lipinski definition) is 2. The van der Waals surface area contributed by atoms with Crippen molar-refractivity contribution in [3.05, 3.63) is 22.8 Å². The Labute approximate surface area is 89.9 Å². The fraction of sp³-hybridized carbons (Fsp3) is 0.250. The molecule has 0 atom stereocenters. The summed E-state index contributed by atoms with van der Waals surface area (Å²) < 4.78 is 0. The van der Waals surface area contributed by atoms with Crippen molar-refractivity contribution in [3.8, 4) is 0 Å². The molecule has 0 radical (unpaired) electrons. The van der Waals surface area contributed by atoms with Gasteiger partial charge in [-0.3, -0.25) is 0 Å². The highest BCUT2D eigenvalue weighted by molar-refractivity contribution is 7.99. The summed E-state index contributed by atoms with van der Waals surface area (Å²) in [6.45, 7) is 0.0252. The number of halogens is 1. The average molecular weight is 234 g/mol. The molecule has 1 aromatic rings. The summed E-state index contributed by atoms with van der Waals surface area (Å²) in [4.78, 5) is 14.6. The Morgan fingerprint density at radius 2 is 2.36 bits per heavy atom. The molecule has 1 heterocycles. The van der Waals surface area contributed by atoms with Gasteiger partial charge in [0.2, 0.25) is 0 Å². The summed E-state index contributed by atoms with van der Waals surface area (Å²) in [5.74, 6) is -0.600. The molecule has 0 aliphatic carbocycles. The van der Waals surface area contributed by atoms with Gasteiger partial charge in [0.1, 0.15) is 0 Å². The number of nitrogens with zero attached hydrogens (tertiary/aromatic N) is 1. The van der Waals surface area contributed by atoms with E-state index in [0.29, 0.717) is 10.8 Å². The Morgan fingerprint density at radius 3 is 2.93 bits per heavy atom. The largest absolute Gasteiger partial charge is 0.478 e. The van der Waals surface area contributed by atoms with Gasteiger partial charge in [-0.1, -0.05) is 11.6 Å². The van der Waals surface area contributed by atoms with Crippen molar-refractivity contribution in [2.75, 3.05) is 12.4 Å². The van der Waals surface area contributed by atoms with Gasteiger partial charge in [-0.25, -0.2) is 9.78 Å². The number of carbonyl (C=O) groups is 1. The Morgan fingerprint density at radius 1 is 1.64 bits per heavy atom. The lowest BCUT2D eigenvalue weighted by Crippen LogP contribution is -1.99. The second-order valence-electron chi connectivity index (χ2n) is 2.38. The lowest BCUT2D eigenvalue weighted by atomic mass is 10.3. The molecule has 1 aromatic heterocycles. The molecule has 1 rings (SSSR count). The molecule has 0 saturated heterocycles. The number of rotatable bonds is 4. The van der Waals surface area contributed by atoms with Crippen LogP contribution in [0.4, 0.5) is 0 Å². The van der Waals surface area contributed by atoms with Crippen molar-refractivity contribution in [2.45, 2.75) is 5.03 Å². The first-order valence-electron chi connectivity index (χ1n) is 3.77. The number of aromatic carboxylic acids is 1. The van der Waals surface area contributed by atoms with E-state index >= 15 is 0 Å². The summed E-state index contributed by atoms with van der Waals surface area (Å²) in [7, 11) is 0. The standard InChI is InChI=1S/C8H8ClNO3S/c9-6-4-10-7(14-2-1-11)3-5(6)8(12)13/h3-4,11H,1-2H2,(H,12,13). The Balaban J connectivity index is 2.89. The van der Waals surface area contributed by atoms with E-state index < -0.39 is 5.97 Å². The number of aliphatic hydroxyl groups is 1. The molecule has 0 bridgehead atoms. The first-order valence-corrected chi connectivity index (χ1v) is 5.14. The molecule has 0 aliphatic heterocycles. The van der Waals surface area contributed by atoms with E-state index in [4.69, 9.17) is 21.8 Å². The molecule has 0 saturated carbocycles. The zero-order valence-electron chi connectivity index (χ0n) is 7.11. The normalized spacial score (nSPS) is 10.1. The Kier molecular flexibility index (Phi) is 4.19. The maximum atomic E-state index is 10.7. The summed E-state index contributed by atoms with van der Waals surface area (Å²) in [6, 6.07) is 1.39. The second-order valence-corrected chi connectivity index (χ2v) is 3.90. The quantitative estimate of drug-likeness (QED) is 0.772. The summed E-state index contributed by atoms with van der Waals surface area (Å²) in [6.07, 6.45) is 1.30. The zero-order chi connectivity index (χ0) is 10.6. The van der Waals surface area contributed by atoms with E-state index in [0.717, 1.165) is 0 Å². The number of aliphatic hydroxyl groups excluding tert-OH is 1. The fourth-order valence-electron chi connectivity index (χ4n) is 0.813. The lowest BCUT2D eigenvalue weighted by Gasteiger charge is -2.01. The predicted octanol–water partition coefficient (Wildman–Crippen LogP) is 1.52. The van der Waals surface area contributed by atoms with E-state index in [9.17, 15) is 4.79 Å². The summed E-state index contributed by atoms with van der Waals surface area (Å²) in [5.41, 5.74) is 0.0297. The first-order chi connectivity index (χ1) is 6.65. The molecule has 0 aromatic carbocycles. The third kappa shape index (κ3) is 2.87. The highest BCUT2D eigenvalue weighted by Gasteiger charge is 2.10. The Hall–Kier alpha value is -0.780. The molecule has 14 heavy (non-hydrogen) atoms. The van der Waals surface area contributed by atoms with Gasteiger partial charge >= 0.3 is 5.97 Å². The topological polar surface area (TPSA) is 70.4 Å². The van der Waals surface area contributed by atoms with Crippen LogP contribution in [-0.4, -0.2) is 33.5 Å². The molecule has 76 valence electrons. The number of pyridine rings is 1. The van der Waals surface area contributed by atoms with Crippen molar-refractivity contribution < 1.29 is 15.0 Å². The van der Waals surface area contributed by atoms with E-state index in [1.165, 1.54) is 24.0 Å². The summed E-state index contributed by atoms with van der Waals surface area (Å²) >= 11 is 6.90. The van der Waals surface area contributed by atoms with Gasteiger partial charge in [0, 0.05) is 11.9 Å². The molecule has 0 spiro atoms. The van der Waals surface area contributed by atoms with Gasteiger partial charge in [-0.2, -0.15) is 0 Å². The second kappa shape index (κ2) is 5.19. The molecule has 2 N–H and O–H groups in total. The van der Waals surface area contributed by atoms with Gasteiger partial charge in [-0.05, 0) is 6.07 Å². The van der Waals surface area contributed by atoms with Gasteiger partial charge in [-0.15, -0.1) is 11.8 Å². The van der Waals surface area contributed by atoms with Gasteiger partial charge < -0.3 is 10.2 Å². The molecule has 4 nitrogen and oxygen atoms in total. The summed E-state index contributed by atoms with van der Waals surface area (Å²) in [5, 5.41) is 18.0. The lowest BCUT2D eigenvalue weighted by molar-refractivity contribution is 0.0696. The van der Waals surface area contributed by atoms with Crippen molar-refractivity contribution in [1.29, 1.82) is 0 Å². The van der Waals surface area contributed by atoms with Crippen molar-refractivity contribution in [2.24, 2.45) is 0 Å². The van der Waals surface area contributed by atoms with E-state index in [2.05, 4.69) is 4.98 Å². The Bertz CT molecular complexity index is 345. The van der Waals surface area contributed by atoms with Crippen molar-refractivity contribution in [1.82, 2.24) is 4.98 Å². The van der Waals surface area contributed by atoms with Crippen LogP contribution in [0.25, 0.3) is 0 Å². The maximum absolute atomic E-state index is 10.7. The van der Waals surface area contributed by atoms with Crippen LogP contribution in [-0.2, 0) is 0 Å². The number of aromatic nitrogens is 1. The van der Waals surface area contributed by atoms with Crippen molar-refractivity contribution >= 4 is 29.3 Å². The molecule has 0 amide bonds. The predicted molar refractivity (Wildman–Crippen MR) is 54.0 cm³/mol. The maximum Gasteiger partial charge on any atom is 0.337 e. The fourth-order valence-corrected chi connectivity index (χ4v) is 1.63. The van der Waals surface area contributed by atoms with E-state index in [1.54, 1.807) is 0 Å². The van der Waals surface area contributed by atoms with Crippen LogP contribution < -0.4 is 0 Å². The van der Waals surface area contributed by atoms with E-state index in [1.807, 2.05) is 0 Å². The van der Waals surface area contributed by atoms with Gasteiger partial charge in [0.25, 0.3) is 0 Å². The highest BCUT2D eigenvalue weighted by Crippen LogP contribution is 2.21. The molecule has 0 unspecified atom stereocenters. The third-order valence-corrected chi connectivity index (χ3v) is 2.61. The molecule has 0 fully saturated rings. The molecular formula is C8H8ClNO3S. The molecule has 6 heteroatoms. The minimum atomic E-state index is -1.08. The van der Waals surface area contributed by atoms with Crippen LogP contribution in [0, 0.1) is 0 Å². The van der Waals surface area contributed by atoms with Crippen molar-refractivity contribution in [3.63, 3.8) is 0 Å². The minimum absolute atomic E-state index is 0.0252. The average Bonchev–Trinajstić information content (AvgIpc) is 2.16. The van der Waals surface area contributed by atoms with Crippen LogP contribution in [0.1, 0.15) is 10.4 Å². The smallest absolute Gasteiger partial charge is 0.337 e. The van der Waals surface area contributed by atoms with Crippen LogP contribution in [0.2, 0.25) is 5.02 Å². The zero-order valence-corrected chi connectivity index (χ0v) is 8.68. The monoisotopic (exact) mass is 233 g/mol. The first kappa shape index (κ1) is 11.3. The third-order valence-electron chi connectivity index (χ3n) is 1.40. The van der Waals surface area contributed by atoms with Crippen LogP contribution >= 0.6 is 23.4 Å². The number of carboxylic acids is 1. The number of hydrogen-bond acceptors (Lipinski definition) is 4. The van der Waals surface area contributed by atoms with Crippen LogP contribution in [0.5, 0.6) is 0 Å². The highest BCUT2D eigenvalue weighted by atomic mass is 35.5. The molecule has 0 aliphatic rings.